The van der Waals surface area contributed by atoms with E-state index < -0.39 is 0 Å². The van der Waals surface area contributed by atoms with Crippen LogP contribution in [0.5, 0.6) is 0 Å². The summed E-state index contributed by atoms with van der Waals surface area (Å²) in [5, 5.41) is 1.94. The highest BCUT2D eigenvalue weighted by atomic mass is 32.1. The molecule has 3 heteroatoms. The molecule has 1 aromatic rings. The van der Waals surface area contributed by atoms with E-state index in [2.05, 4.69) is 0 Å². The van der Waals surface area contributed by atoms with E-state index in [1.165, 1.54) is 11.3 Å². The molecular weight excluding hydrogens is 208 g/mol. The summed E-state index contributed by atoms with van der Waals surface area (Å²) in [6.45, 7) is 8.01. The number of thiophene rings is 1. The summed E-state index contributed by atoms with van der Waals surface area (Å²) < 4.78 is 5.31. The van der Waals surface area contributed by atoms with Gasteiger partial charge in [-0.05, 0) is 29.3 Å². The van der Waals surface area contributed by atoms with Crippen LogP contribution in [0.2, 0.25) is 0 Å². The monoisotopic (exact) mass is 226 g/mol. The van der Waals surface area contributed by atoms with Crippen LogP contribution in [0, 0.1) is 12.3 Å². The molecule has 0 aliphatic rings. The van der Waals surface area contributed by atoms with Gasteiger partial charge in [-0.3, -0.25) is 4.79 Å². The van der Waals surface area contributed by atoms with Gasteiger partial charge in [0.1, 0.15) is 6.10 Å². The first-order chi connectivity index (χ1) is 6.88. The van der Waals surface area contributed by atoms with Gasteiger partial charge in [0.2, 0.25) is 5.78 Å². The van der Waals surface area contributed by atoms with E-state index in [0.29, 0.717) is 0 Å². The molecule has 1 rings (SSSR count). The van der Waals surface area contributed by atoms with Crippen LogP contribution in [0.25, 0.3) is 0 Å². The van der Waals surface area contributed by atoms with Gasteiger partial charge in [-0.25, -0.2) is 0 Å². The second-order valence-electron chi connectivity index (χ2n) is 4.78. The van der Waals surface area contributed by atoms with E-state index in [9.17, 15) is 4.79 Å². The molecule has 84 valence electrons. The molecule has 0 fully saturated rings. The van der Waals surface area contributed by atoms with Gasteiger partial charge < -0.3 is 4.74 Å². The minimum atomic E-state index is -0.366. The molecule has 0 aliphatic heterocycles. The molecule has 0 aliphatic carbocycles. The Hall–Kier alpha value is -0.670. The first kappa shape index (κ1) is 12.4. The minimum Gasteiger partial charge on any atom is -0.373 e. The van der Waals surface area contributed by atoms with Gasteiger partial charge in [0, 0.05) is 7.11 Å². The van der Waals surface area contributed by atoms with E-state index >= 15 is 0 Å². The molecule has 15 heavy (non-hydrogen) atoms. The quantitative estimate of drug-likeness (QED) is 0.739. The third-order valence-electron chi connectivity index (χ3n) is 2.35. The summed E-state index contributed by atoms with van der Waals surface area (Å²) in [5.74, 6) is 0.0949. The molecule has 0 amide bonds. The van der Waals surface area contributed by atoms with E-state index in [-0.39, 0.29) is 17.3 Å². The molecule has 0 N–H and O–H groups in total. The number of carbonyl (C=O) groups is 1. The highest BCUT2D eigenvalue weighted by Crippen LogP contribution is 2.28. The fourth-order valence-corrected chi connectivity index (χ4v) is 2.48. The van der Waals surface area contributed by atoms with Crippen LogP contribution in [-0.4, -0.2) is 19.0 Å². The number of methoxy groups -OCH3 is 1. The summed E-state index contributed by atoms with van der Waals surface area (Å²) in [4.78, 5) is 13.0. The summed E-state index contributed by atoms with van der Waals surface area (Å²) in [6.07, 6.45) is -0.366. The van der Waals surface area contributed by atoms with Crippen LogP contribution in [-0.2, 0) is 4.74 Å². The van der Waals surface area contributed by atoms with Crippen LogP contribution in [0.15, 0.2) is 11.4 Å². The van der Waals surface area contributed by atoms with Gasteiger partial charge in [0.05, 0.1) is 4.88 Å². The maximum absolute atomic E-state index is 12.2. The van der Waals surface area contributed by atoms with Crippen LogP contribution in [0.4, 0.5) is 0 Å². The Morgan fingerprint density at radius 3 is 2.40 bits per heavy atom. The molecule has 1 heterocycles. The maximum Gasteiger partial charge on any atom is 0.202 e. The number of carbonyl (C=O) groups excluding carboxylic acids is 1. The number of aryl methyl sites for hydroxylation is 1. The summed E-state index contributed by atoms with van der Waals surface area (Å²) in [5.41, 5.74) is 0.874. The molecule has 1 atom stereocenters. The third kappa shape index (κ3) is 2.67. The SMILES string of the molecule is COC(C(=O)c1sccc1C)C(C)(C)C. The predicted octanol–water partition coefficient (Wildman–Crippen LogP) is 3.30. The van der Waals surface area contributed by atoms with Gasteiger partial charge in [0.25, 0.3) is 0 Å². The average molecular weight is 226 g/mol. The molecular formula is C12H18O2S. The number of Topliss-reactive ketones (excluding diaryl/α,β-unsaturated/α-hetero) is 1. The number of ether oxygens (including phenoxy) is 1. The molecule has 1 aromatic heterocycles. The largest absolute Gasteiger partial charge is 0.373 e. The van der Waals surface area contributed by atoms with Crippen molar-refractivity contribution in [3.05, 3.63) is 21.9 Å². The first-order valence-electron chi connectivity index (χ1n) is 4.99. The van der Waals surface area contributed by atoms with Gasteiger partial charge in [-0.15, -0.1) is 11.3 Å². The zero-order chi connectivity index (χ0) is 11.6. The van der Waals surface area contributed by atoms with Crippen molar-refractivity contribution in [3.63, 3.8) is 0 Å². The lowest BCUT2D eigenvalue weighted by Crippen LogP contribution is -2.36. The summed E-state index contributed by atoms with van der Waals surface area (Å²) in [6, 6.07) is 1.97. The topological polar surface area (TPSA) is 26.3 Å². The molecule has 0 bridgehead atoms. The Kier molecular flexibility index (Phi) is 3.68. The summed E-state index contributed by atoms with van der Waals surface area (Å²) >= 11 is 1.49. The molecule has 0 saturated heterocycles. The van der Waals surface area contributed by atoms with Crippen molar-refractivity contribution in [3.8, 4) is 0 Å². The normalized spacial score (nSPS) is 13.9. The lowest BCUT2D eigenvalue weighted by molar-refractivity contribution is 0.0199. The Balaban J connectivity index is 2.98. The number of hydrogen-bond acceptors (Lipinski definition) is 3. The van der Waals surface area contributed by atoms with Crippen molar-refractivity contribution in [2.45, 2.75) is 33.8 Å². The van der Waals surface area contributed by atoms with Gasteiger partial charge in [-0.1, -0.05) is 20.8 Å². The van der Waals surface area contributed by atoms with Crippen LogP contribution in [0.3, 0.4) is 0 Å². The lowest BCUT2D eigenvalue weighted by Gasteiger charge is -2.27. The van der Waals surface area contributed by atoms with Crippen molar-refractivity contribution in [1.29, 1.82) is 0 Å². The van der Waals surface area contributed by atoms with E-state index in [0.717, 1.165) is 10.4 Å². The average Bonchev–Trinajstić information content (AvgIpc) is 2.49. The highest BCUT2D eigenvalue weighted by Gasteiger charge is 2.33. The fraction of sp³-hybridized carbons (Fsp3) is 0.583. The minimum absolute atomic E-state index is 0.0949. The zero-order valence-corrected chi connectivity index (χ0v) is 10.8. The van der Waals surface area contributed by atoms with Crippen LogP contribution < -0.4 is 0 Å². The van der Waals surface area contributed by atoms with Gasteiger partial charge >= 0.3 is 0 Å². The van der Waals surface area contributed by atoms with Crippen molar-refractivity contribution in [2.75, 3.05) is 7.11 Å². The third-order valence-corrected chi connectivity index (χ3v) is 3.38. The zero-order valence-electron chi connectivity index (χ0n) is 9.96. The number of rotatable bonds is 3. The molecule has 0 radical (unpaired) electrons. The summed E-state index contributed by atoms with van der Waals surface area (Å²) in [7, 11) is 1.59. The number of ketones is 1. The van der Waals surface area contributed by atoms with E-state index in [1.807, 2.05) is 39.1 Å². The van der Waals surface area contributed by atoms with Crippen molar-refractivity contribution in [1.82, 2.24) is 0 Å². The van der Waals surface area contributed by atoms with Crippen LogP contribution >= 0.6 is 11.3 Å². The Bertz CT molecular complexity index is 347. The smallest absolute Gasteiger partial charge is 0.202 e. The lowest BCUT2D eigenvalue weighted by atomic mass is 9.85. The second kappa shape index (κ2) is 4.45. The molecule has 0 aromatic carbocycles. The van der Waals surface area contributed by atoms with Crippen molar-refractivity contribution < 1.29 is 9.53 Å². The highest BCUT2D eigenvalue weighted by molar-refractivity contribution is 7.12. The maximum atomic E-state index is 12.2. The van der Waals surface area contributed by atoms with Crippen molar-refractivity contribution >= 4 is 17.1 Å². The predicted molar refractivity (Wildman–Crippen MR) is 63.6 cm³/mol. The molecule has 1 unspecified atom stereocenters. The molecule has 2 nitrogen and oxygen atoms in total. The Morgan fingerprint density at radius 2 is 2.07 bits per heavy atom. The van der Waals surface area contributed by atoms with Gasteiger partial charge in [0.15, 0.2) is 0 Å². The Labute approximate surface area is 95.3 Å². The fourth-order valence-electron chi connectivity index (χ4n) is 1.60. The Morgan fingerprint density at radius 1 is 1.47 bits per heavy atom. The van der Waals surface area contributed by atoms with Gasteiger partial charge in [-0.2, -0.15) is 0 Å². The standard InChI is InChI=1S/C12H18O2S/c1-8-6-7-15-10(8)9(13)11(14-5)12(2,3)4/h6-7,11H,1-5H3. The number of hydrogen-bond donors (Lipinski definition) is 0. The van der Waals surface area contributed by atoms with Crippen LogP contribution in [0.1, 0.15) is 36.0 Å². The first-order valence-corrected chi connectivity index (χ1v) is 5.87. The van der Waals surface area contributed by atoms with E-state index in [4.69, 9.17) is 4.74 Å². The van der Waals surface area contributed by atoms with E-state index in [1.54, 1.807) is 7.11 Å². The molecule has 0 spiro atoms. The van der Waals surface area contributed by atoms with Crippen molar-refractivity contribution in [2.24, 2.45) is 5.41 Å². The second-order valence-corrected chi connectivity index (χ2v) is 5.69. The molecule has 0 saturated carbocycles.